The van der Waals surface area contributed by atoms with Crippen LogP contribution in [0.2, 0.25) is 5.02 Å². The molecule has 0 bridgehead atoms. The first kappa shape index (κ1) is 17.6. The SMILES string of the molecule is COc1cc(Cl)c(C)cc1NC(=O)COC(=O)c1ccccc1O. The molecule has 0 atom stereocenters. The van der Waals surface area contributed by atoms with Crippen molar-refractivity contribution in [3.63, 3.8) is 0 Å². The Hall–Kier alpha value is -2.73. The Kier molecular flexibility index (Phi) is 5.65. The maximum absolute atomic E-state index is 12.0. The largest absolute Gasteiger partial charge is 0.507 e. The minimum absolute atomic E-state index is 0.00906. The molecule has 2 N–H and O–H groups in total. The number of halogens is 1. The highest BCUT2D eigenvalue weighted by Crippen LogP contribution is 2.30. The van der Waals surface area contributed by atoms with Crippen molar-refractivity contribution in [3.8, 4) is 11.5 Å². The maximum atomic E-state index is 12.0. The van der Waals surface area contributed by atoms with E-state index < -0.39 is 18.5 Å². The van der Waals surface area contributed by atoms with Crippen molar-refractivity contribution in [2.75, 3.05) is 19.0 Å². The number of aryl methyl sites for hydroxylation is 1. The number of esters is 1. The predicted molar refractivity (Wildman–Crippen MR) is 89.8 cm³/mol. The fourth-order valence-corrected chi connectivity index (χ4v) is 2.12. The standard InChI is InChI=1S/C17H16ClNO5/c1-10-7-13(15(23-2)8-12(10)18)19-16(21)9-24-17(22)11-5-3-4-6-14(11)20/h3-8,20H,9H2,1-2H3,(H,19,21). The number of carbonyl (C=O) groups excluding carboxylic acids is 2. The Morgan fingerprint density at radius 1 is 1.25 bits per heavy atom. The fraction of sp³-hybridized carbons (Fsp3) is 0.176. The Morgan fingerprint density at radius 3 is 2.62 bits per heavy atom. The zero-order valence-electron chi connectivity index (χ0n) is 13.1. The molecule has 6 nitrogen and oxygen atoms in total. The molecule has 126 valence electrons. The third-order valence-electron chi connectivity index (χ3n) is 3.21. The van der Waals surface area contributed by atoms with Gasteiger partial charge < -0.3 is 19.9 Å². The van der Waals surface area contributed by atoms with E-state index in [4.69, 9.17) is 21.1 Å². The van der Waals surface area contributed by atoms with Gasteiger partial charge in [0.2, 0.25) is 0 Å². The van der Waals surface area contributed by atoms with E-state index in [0.717, 1.165) is 5.56 Å². The zero-order valence-corrected chi connectivity index (χ0v) is 13.9. The third kappa shape index (κ3) is 4.17. The summed E-state index contributed by atoms with van der Waals surface area (Å²) in [4.78, 5) is 23.8. The number of hydrogen-bond donors (Lipinski definition) is 2. The number of aromatic hydroxyl groups is 1. The third-order valence-corrected chi connectivity index (χ3v) is 3.62. The zero-order chi connectivity index (χ0) is 17.7. The second kappa shape index (κ2) is 7.70. The van der Waals surface area contributed by atoms with Crippen molar-refractivity contribution in [2.24, 2.45) is 0 Å². The quantitative estimate of drug-likeness (QED) is 0.810. The van der Waals surface area contributed by atoms with E-state index in [-0.39, 0.29) is 11.3 Å². The number of hydrogen-bond acceptors (Lipinski definition) is 5. The molecule has 0 saturated heterocycles. The van der Waals surface area contributed by atoms with Crippen molar-refractivity contribution >= 4 is 29.2 Å². The number of para-hydroxylation sites is 1. The number of rotatable bonds is 5. The molecule has 1 amide bonds. The van der Waals surface area contributed by atoms with Gasteiger partial charge in [0.15, 0.2) is 6.61 Å². The Labute approximate surface area is 144 Å². The summed E-state index contributed by atoms with van der Waals surface area (Å²) in [7, 11) is 1.45. The van der Waals surface area contributed by atoms with Crippen LogP contribution in [-0.4, -0.2) is 30.7 Å². The molecule has 24 heavy (non-hydrogen) atoms. The molecule has 2 aromatic carbocycles. The Morgan fingerprint density at radius 2 is 1.96 bits per heavy atom. The molecule has 7 heteroatoms. The molecule has 0 aliphatic heterocycles. The second-order valence-corrected chi connectivity index (χ2v) is 5.35. The second-order valence-electron chi connectivity index (χ2n) is 4.94. The molecule has 0 unspecified atom stereocenters. The van der Waals surface area contributed by atoms with Crippen LogP contribution in [0.25, 0.3) is 0 Å². The summed E-state index contributed by atoms with van der Waals surface area (Å²) in [5.74, 6) is -1.15. The molecule has 0 aliphatic carbocycles. The highest BCUT2D eigenvalue weighted by molar-refractivity contribution is 6.31. The van der Waals surface area contributed by atoms with E-state index >= 15 is 0 Å². The molecule has 0 spiro atoms. The summed E-state index contributed by atoms with van der Waals surface area (Å²) < 4.78 is 10.0. The molecular formula is C17H16ClNO5. The summed E-state index contributed by atoms with van der Waals surface area (Å²) in [5, 5.41) is 12.7. The predicted octanol–water partition coefficient (Wildman–Crippen LogP) is 3.16. The summed E-state index contributed by atoms with van der Waals surface area (Å²) in [5.41, 5.74) is 1.17. The van der Waals surface area contributed by atoms with Crippen molar-refractivity contribution in [1.82, 2.24) is 0 Å². The summed E-state index contributed by atoms with van der Waals surface area (Å²) in [6.45, 7) is 1.29. The van der Waals surface area contributed by atoms with Crippen LogP contribution < -0.4 is 10.1 Å². The molecule has 0 aliphatic rings. The highest BCUT2D eigenvalue weighted by Gasteiger charge is 2.15. The van der Waals surface area contributed by atoms with Crippen LogP contribution in [0.5, 0.6) is 11.5 Å². The van der Waals surface area contributed by atoms with E-state index in [1.807, 2.05) is 0 Å². The number of nitrogens with one attached hydrogen (secondary N) is 1. The average molecular weight is 350 g/mol. The lowest BCUT2D eigenvalue weighted by Crippen LogP contribution is -2.21. The van der Waals surface area contributed by atoms with Gasteiger partial charge in [-0.15, -0.1) is 0 Å². The lowest BCUT2D eigenvalue weighted by atomic mass is 10.2. The van der Waals surface area contributed by atoms with Gasteiger partial charge in [-0.1, -0.05) is 23.7 Å². The van der Waals surface area contributed by atoms with Gasteiger partial charge in [-0.2, -0.15) is 0 Å². The summed E-state index contributed by atoms with van der Waals surface area (Å²) >= 11 is 6.00. The summed E-state index contributed by atoms with van der Waals surface area (Å²) in [6, 6.07) is 9.16. The number of anilines is 1. The van der Waals surface area contributed by atoms with Gasteiger partial charge in [-0.05, 0) is 30.7 Å². The van der Waals surface area contributed by atoms with E-state index in [9.17, 15) is 14.7 Å². The molecule has 0 fully saturated rings. The minimum atomic E-state index is -0.789. The lowest BCUT2D eigenvalue weighted by Gasteiger charge is -2.12. The topological polar surface area (TPSA) is 84.9 Å². The number of benzene rings is 2. The van der Waals surface area contributed by atoms with Gasteiger partial charge in [0, 0.05) is 11.1 Å². The van der Waals surface area contributed by atoms with E-state index in [1.165, 1.54) is 19.2 Å². The lowest BCUT2D eigenvalue weighted by molar-refractivity contribution is -0.119. The number of methoxy groups -OCH3 is 1. The van der Waals surface area contributed by atoms with Crippen molar-refractivity contribution < 1.29 is 24.2 Å². The van der Waals surface area contributed by atoms with Crippen LogP contribution in [0.1, 0.15) is 15.9 Å². The number of phenolic OH excluding ortho intramolecular Hbond substituents is 1. The van der Waals surface area contributed by atoms with Gasteiger partial charge in [0.1, 0.15) is 17.1 Å². The number of amides is 1. The molecule has 0 saturated carbocycles. The van der Waals surface area contributed by atoms with Crippen LogP contribution in [-0.2, 0) is 9.53 Å². The monoisotopic (exact) mass is 349 g/mol. The smallest absolute Gasteiger partial charge is 0.342 e. The van der Waals surface area contributed by atoms with Gasteiger partial charge in [-0.25, -0.2) is 4.79 Å². The molecule has 2 rings (SSSR count). The first-order chi connectivity index (χ1) is 11.4. The van der Waals surface area contributed by atoms with Gasteiger partial charge in [0.25, 0.3) is 5.91 Å². The number of ether oxygens (including phenoxy) is 2. The van der Waals surface area contributed by atoms with Gasteiger partial charge in [-0.3, -0.25) is 4.79 Å². The number of phenols is 1. The number of carbonyl (C=O) groups is 2. The van der Waals surface area contributed by atoms with Crippen molar-refractivity contribution in [3.05, 3.63) is 52.5 Å². The van der Waals surface area contributed by atoms with Gasteiger partial charge >= 0.3 is 5.97 Å². The van der Waals surface area contributed by atoms with E-state index in [0.29, 0.717) is 16.5 Å². The van der Waals surface area contributed by atoms with Crippen LogP contribution in [0, 0.1) is 6.92 Å². The van der Waals surface area contributed by atoms with Crippen LogP contribution >= 0.6 is 11.6 Å². The molecule has 0 aromatic heterocycles. The van der Waals surface area contributed by atoms with Crippen LogP contribution in [0.15, 0.2) is 36.4 Å². The normalized spacial score (nSPS) is 10.1. The Bertz CT molecular complexity index is 776. The van der Waals surface area contributed by atoms with E-state index in [1.54, 1.807) is 31.2 Å². The van der Waals surface area contributed by atoms with Crippen LogP contribution in [0.3, 0.4) is 0 Å². The van der Waals surface area contributed by atoms with Crippen molar-refractivity contribution in [2.45, 2.75) is 6.92 Å². The van der Waals surface area contributed by atoms with Gasteiger partial charge in [0.05, 0.1) is 12.8 Å². The average Bonchev–Trinajstić information content (AvgIpc) is 2.56. The Balaban J connectivity index is 2.00. The highest BCUT2D eigenvalue weighted by atomic mass is 35.5. The molecule has 2 aromatic rings. The summed E-state index contributed by atoms with van der Waals surface area (Å²) in [6.07, 6.45) is 0. The van der Waals surface area contributed by atoms with E-state index in [2.05, 4.69) is 5.32 Å². The molecule has 0 heterocycles. The van der Waals surface area contributed by atoms with Crippen LogP contribution in [0.4, 0.5) is 5.69 Å². The maximum Gasteiger partial charge on any atom is 0.342 e. The fourth-order valence-electron chi connectivity index (χ4n) is 1.97. The minimum Gasteiger partial charge on any atom is -0.507 e. The first-order valence-electron chi connectivity index (χ1n) is 7.01. The van der Waals surface area contributed by atoms with Crippen molar-refractivity contribution in [1.29, 1.82) is 0 Å². The molecular weight excluding hydrogens is 334 g/mol. The first-order valence-corrected chi connectivity index (χ1v) is 7.39. The molecule has 0 radical (unpaired) electrons.